The van der Waals surface area contributed by atoms with Crippen molar-refractivity contribution in [3.8, 4) is 0 Å². The van der Waals surface area contributed by atoms with Gasteiger partial charge in [0.2, 0.25) is 11.8 Å². The molecular weight excluding hydrogens is 424 g/mol. The van der Waals surface area contributed by atoms with Crippen LogP contribution in [0, 0.1) is 0 Å². The topological polar surface area (TPSA) is 102 Å². The van der Waals surface area contributed by atoms with Crippen LogP contribution >= 0.6 is 0 Å². The Hall–Kier alpha value is -3.63. The molecule has 0 atom stereocenters. The van der Waals surface area contributed by atoms with Crippen LogP contribution in [0.1, 0.15) is 11.3 Å². The highest BCUT2D eigenvalue weighted by molar-refractivity contribution is 5.75. The zero-order chi connectivity index (χ0) is 22.9. The van der Waals surface area contributed by atoms with Crippen LogP contribution in [0.3, 0.4) is 0 Å². The molecule has 4 heterocycles. The standard InChI is InChI=1S/C23H26N6O4/c1-26(18-9-8-17(33-18)15-28-10-12-32-13-11-28)22-24-20-19(21(30)25-23(31)27(20)2)29(22)14-16-6-4-3-5-7-16/h3-9H,10-15H2,1-2H3,(H,25,30,31). The molecule has 1 N–H and O–H groups in total. The van der Waals surface area contributed by atoms with E-state index >= 15 is 0 Å². The molecular formula is C23H26N6O4. The second-order valence-electron chi connectivity index (χ2n) is 8.16. The van der Waals surface area contributed by atoms with Gasteiger partial charge in [0.05, 0.1) is 26.3 Å². The third kappa shape index (κ3) is 4.10. The van der Waals surface area contributed by atoms with Crippen molar-refractivity contribution in [2.75, 3.05) is 38.3 Å². The van der Waals surface area contributed by atoms with Gasteiger partial charge in [-0.1, -0.05) is 30.3 Å². The number of aryl methyl sites for hydroxylation is 1. The van der Waals surface area contributed by atoms with Crippen molar-refractivity contribution in [3.05, 3.63) is 74.6 Å². The van der Waals surface area contributed by atoms with Gasteiger partial charge in [0.15, 0.2) is 11.2 Å². The highest BCUT2D eigenvalue weighted by Gasteiger charge is 2.23. The van der Waals surface area contributed by atoms with Crippen LogP contribution in [0.15, 0.2) is 56.5 Å². The van der Waals surface area contributed by atoms with Crippen molar-refractivity contribution in [1.82, 2.24) is 24.0 Å². The van der Waals surface area contributed by atoms with Gasteiger partial charge in [-0.2, -0.15) is 4.98 Å². The molecule has 10 nitrogen and oxygen atoms in total. The summed E-state index contributed by atoms with van der Waals surface area (Å²) in [5.74, 6) is 1.95. The number of hydrogen-bond acceptors (Lipinski definition) is 7. The molecule has 5 rings (SSSR count). The largest absolute Gasteiger partial charge is 0.444 e. The number of benzene rings is 1. The van der Waals surface area contributed by atoms with E-state index in [1.807, 2.05) is 54.1 Å². The van der Waals surface area contributed by atoms with Gasteiger partial charge in [-0.25, -0.2) is 4.79 Å². The Kier molecular flexibility index (Phi) is 5.61. The third-order valence-electron chi connectivity index (χ3n) is 5.93. The molecule has 1 aromatic carbocycles. The number of furan rings is 1. The fraction of sp³-hybridized carbons (Fsp3) is 0.348. The summed E-state index contributed by atoms with van der Waals surface area (Å²) >= 11 is 0. The number of H-pyrrole nitrogens is 1. The van der Waals surface area contributed by atoms with E-state index in [1.54, 1.807) is 11.9 Å². The van der Waals surface area contributed by atoms with Crippen LogP contribution < -0.4 is 16.1 Å². The summed E-state index contributed by atoms with van der Waals surface area (Å²) < 4.78 is 14.7. The van der Waals surface area contributed by atoms with Gasteiger partial charge in [-0.15, -0.1) is 0 Å². The molecule has 0 amide bonds. The van der Waals surface area contributed by atoms with Gasteiger partial charge in [0.25, 0.3) is 5.56 Å². The molecule has 0 bridgehead atoms. The molecule has 3 aromatic heterocycles. The fourth-order valence-electron chi connectivity index (χ4n) is 4.10. The lowest BCUT2D eigenvalue weighted by molar-refractivity contribution is 0.0314. The van der Waals surface area contributed by atoms with Crippen LogP contribution in [0.5, 0.6) is 0 Å². The molecule has 0 saturated carbocycles. The molecule has 4 aromatic rings. The van der Waals surface area contributed by atoms with Gasteiger partial charge in [-0.3, -0.25) is 28.7 Å². The maximum atomic E-state index is 12.8. The Bertz CT molecular complexity index is 1380. The predicted octanol–water partition coefficient (Wildman–Crippen LogP) is 1.66. The fourth-order valence-corrected chi connectivity index (χ4v) is 4.10. The first-order chi connectivity index (χ1) is 16.0. The van der Waals surface area contributed by atoms with Crippen LogP contribution in [0.4, 0.5) is 11.8 Å². The van der Waals surface area contributed by atoms with Crippen LogP contribution in [0.25, 0.3) is 11.2 Å². The van der Waals surface area contributed by atoms with Gasteiger partial charge in [-0.05, 0) is 11.6 Å². The van der Waals surface area contributed by atoms with Crippen molar-refractivity contribution in [3.63, 3.8) is 0 Å². The number of hydrogen-bond donors (Lipinski definition) is 1. The number of nitrogens with zero attached hydrogens (tertiary/aromatic N) is 5. The Morgan fingerprint density at radius 1 is 1.06 bits per heavy atom. The van der Waals surface area contributed by atoms with E-state index in [4.69, 9.17) is 9.15 Å². The number of rotatable bonds is 6. The van der Waals surface area contributed by atoms with Crippen molar-refractivity contribution in [2.45, 2.75) is 13.1 Å². The molecule has 1 aliphatic heterocycles. The second kappa shape index (κ2) is 8.72. The number of nitrogens with one attached hydrogen (secondary N) is 1. The molecule has 10 heteroatoms. The van der Waals surface area contributed by atoms with E-state index < -0.39 is 11.2 Å². The van der Waals surface area contributed by atoms with Crippen LogP contribution in [-0.2, 0) is 24.9 Å². The first-order valence-electron chi connectivity index (χ1n) is 10.9. The lowest BCUT2D eigenvalue weighted by Gasteiger charge is -2.25. The number of aromatic nitrogens is 4. The molecule has 33 heavy (non-hydrogen) atoms. The summed E-state index contributed by atoms with van der Waals surface area (Å²) in [5.41, 5.74) is 0.692. The quantitative estimate of drug-likeness (QED) is 0.477. The van der Waals surface area contributed by atoms with Crippen molar-refractivity contribution in [1.29, 1.82) is 0 Å². The summed E-state index contributed by atoms with van der Waals surface area (Å²) in [6.45, 7) is 4.31. The maximum Gasteiger partial charge on any atom is 0.329 e. The monoisotopic (exact) mass is 450 g/mol. The Balaban J connectivity index is 1.55. The highest BCUT2D eigenvalue weighted by atomic mass is 16.5. The first-order valence-corrected chi connectivity index (χ1v) is 10.9. The number of ether oxygens (including phenoxy) is 1. The Morgan fingerprint density at radius 3 is 2.58 bits per heavy atom. The molecule has 0 aliphatic carbocycles. The molecule has 1 fully saturated rings. The average molecular weight is 450 g/mol. The van der Waals surface area contributed by atoms with E-state index in [0.717, 1.165) is 37.6 Å². The lowest BCUT2D eigenvalue weighted by atomic mass is 10.2. The van der Waals surface area contributed by atoms with Crippen molar-refractivity contribution >= 4 is 23.0 Å². The zero-order valence-electron chi connectivity index (χ0n) is 18.7. The smallest absolute Gasteiger partial charge is 0.329 e. The number of fused-ring (bicyclic) bond motifs is 1. The summed E-state index contributed by atoms with van der Waals surface area (Å²) in [6, 6.07) is 13.7. The van der Waals surface area contributed by atoms with Crippen LogP contribution in [-0.4, -0.2) is 57.4 Å². The molecule has 1 saturated heterocycles. The van der Waals surface area contributed by atoms with E-state index in [-0.39, 0.29) is 0 Å². The number of imidazole rings is 1. The third-order valence-corrected chi connectivity index (χ3v) is 5.93. The normalized spacial score (nSPS) is 14.7. The summed E-state index contributed by atoms with van der Waals surface area (Å²) in [5, 5.41) is 0. The van der Waals surface area contributed by atoms with Crippen molar-refractivity contribution < 1.29 is 9.15 Å². The molecule has 172 valence electrons. The number of morpholine rings is 1. The SMILES string of the molecule is CN(c1ccc(CN2CCOCC2)o1)c1nc2c(c(=O)[nH]c(=O)n2C)n1Cc1ccccc1. The summed E-state index contributed by atoms with van der Waals surface area (Å²) in [4.78, 5) is 36.1. The minimum absolute atomic E-state index is 0.321. The first kappa shape index (κ1) is 21.2. The van der Waals surface area contributed by atoms with E-state index in [1.165, 1.54) is 4.57 Å². The lowest BCUT2D eigenvalue weighted by Crippen LogP contribution is -2.35. The molecule has 0 spiro atoms. The average Bonchev–Trinajstić information content (AvgIpc) is 3.44. The van der Waals surface area contributed by atoms with Gasteiger partial charge >= 0.3 is 5.69 Å². The van der Waals surface area contributed by atoms with Gasteiger partial charge in [0.1, 0.15) is 5.76 Å². The second-order valence-corrected chi connectivity index (χ2v) is 8.16. The zero-order valence-corrected chi connectivity index (χ0v) is 18.7. The predicted molar refractivity (Wildman–Crippen MR) is 124 cm³/mol. The number of anilines is 2. The molecule has 0 unspecified atom stereocenters. The maximum absolute atomic E-state index is 12.8. The van der Waals surface area contributed by atoms with Gasteiger partial charge < -0.3 is 9.15 Å². The van der Waals surface area contributed by atoms with E-state index in [2.05, 4.69) is 14.9 Å². The van der Waals surface area contributed by atoms with E-state index in [0.29, 0.717) is 36.1 Å². The summed E-state index contributed by atoms with van der Waals surface area (Å²) in [7, 11) is 3.43. The number of aromatic amines is 1. The van der Waals surface area contributed by atoms with Crippen LogP contribution in [0.2, 0.25) is 0 Å². The Morgan fingerprint density at radius 2 is 1.82 bits per heavy atom. The van der Waals surface area contributed by atoms with E-state index in [9.17, 15) is 9.59 Å². The molecule has 1 aliphatic rings. The van der Waals surface area contributed by atoms with Gasteiger partial charge in [0, 0.05) is 33.3 Å². The Labute approximate surface area is 189 Å². The minimum Gasteiger partial charge on any atom is -0.444 e. The molecule has 0 radical (unpaired) electrons. The minimum atomic E-state index is -0.503. The summed E-state index contributed by atoms with van der Waals surface area (Å²) in [6.07, 6.45) is 0. The highest BCUT2D eigenvalue weighted by Crippen LogP contribution is 2.28. The van der Waals surface area contributed by atoms with Crippen molar-refractivity contribution in [2.24, 2.45) is 7.05 Å².